The van der Waals surface area contributed by atoms with Gasteiger partial charge in [0.25, 0.3) is 5.56 Å². The van der Waals surface area contributed by atoms with Crippen LogP contribution >= 0.6 is 46.3 Å². The van der Waals surface area contributed by atoms with E-state index in [0.29, 0.717) is 19.9 Å². The quantitative estimate of drug-likeness (QED) is 0.553. The molecule has 0 aliphatic heterocycles. The van der Waals surface area contributed by atoms with Gasteiger partial charge >= 0.3 is 5.69 Å². The van der Waals surface area contributed by atoms with Crippen molar-refractivity contribution >= 4 is 68.1 Å². The largest absolute Gasteiger partial charge is 0.326 e. The van der Waals surface area contributed by atoms with Gasteiger partial charge in [0.15, 0.2) is 0 Å². The number of aromatic amines is 2. The van der Waals surface area contributed by atoms with Crippen molar-refractivity contribution in [1.29, 1.82) is 5.26 Å². The van der Waals surface area contributed by atoms with Crippen molar-refractivity contribution in [1.82, 2.24) is 9.97 Å². The van der Waals surface area contributed by atoms with Crippen LogP contribution in [-0.2, 0) is 4.79 Å². The summed E-state index contributed by atoms with van der Waals surface area (Å²) in [5.74, 6) is -0.417. The van der Waals surface area contributed by atoms with Crippen LogP contribution in [0.3, 0.4) is 0 Å². The van der Waals surface area contributed by atoms with Crippen molar-refractivity contribution in [3.8, 4) is 6.07 Å². The third kappa shape index (κ3) is 3.64. The zero-order chi connectivity index (χ0) is 18.8. The predicted molar refractivity (Wildman–Crippen MR) is 104 cm³/mol. The molecule has 0 radical (unpaired) electrons. The molecule has 2 heterocycles. The maximum Gasteiger partial charge on any atom is 0.326 e. The second-order valence-electron chi connectivity index (χ2n) is 4.92. The number of H-pyrrole nitrogens is 2. The summed E-state index contributed by atoms with van der Waals surface area (Å²) >= 11 is 14.1. The molecule has 0 saturated heterocycles. The van der Waals surface area contributed by atoms with Crippen LogP contribution in [0.25, 0.3) is 10.2 Å². The van der Waals surface area contributed by atoms with Crippen LogP contribution in [-0.4, -0.2) is 21.6 Å². The molecule has 132 valence electrons. The highest BCUT2D eigenvalue weighted by atomic mass is 35.5. The molecule has 2 aromatic heterocycles. The van der Waals surface area contributed by atoms with E-state index in [2.05, 4.69) is 15.3 Å². The van der Waals surface area contributed by atoms with E-state index in [-0.39, 0.29) is 27.4 Å². The number of thiophene rings is 1. The molecule has 1 amide bonds. The van der Waals surface area contributed by atoms with Crippen molar-refractivity contribution in [3.05, 3.63) is 54.6 Å². The van der Waals surface area contributed by atoms with Gasteiger partial charge in [0.05, 0.1) is 31.2 Å². The number of carbonyl (C=O) groups excluding carboxylic acids is 1. The second-order valence-corrected chi connectivity index (χ2v) is 8.00. The van der Waals surface area contributed by atoms with Crippen LogP contribution in [0.15, 0.2) is 32.0 Å². The number of rotatable bonds is 4. The normalized spacial score (nSPS) is 10.7. The number of thioether (sulfide) groups is 1. The fourth-order valence-corrected chi connectivity index (χ4v) is 4.74. The number of halogens is 2. The van der Waals surface area contributed by atoms with Gasteiger partial charge in [-0.05, 0) is 12.1 Å². The second kappa shape index (κ2) is 7.55. The predicted octanol–water partition coefficient (Wildman–Crippen LogP) is 3.19. The Morgan fingerprint density at radius 3 is 2.62 bits per heavy atom. The zero-order valence-corrected chi connectivity index (χ0v) is 15.8. The molecular formula is C15H8Cl2N4O3S2. The number of hydrogen-bond donors (Lipinski definition) is 3. The Morgan fingerprint density at radius 1 is 1.27 bits per heavy atom. The molecule has 11 heteroatoms. The minimum atomic E-state index is -0.695. The minimum Gasteiger partial charge on any atom is -0.323 e. The smallest absolute Gasteiger partial charge is 0.323 e. The topological polar surface area (TPSA) is 119 Å². The number of anilines is 1. The van der Waals surface area contributed by atoms with Gasteiger partial charge in [0.1, 0.15) is 16.3 Å². The number of nitrogens with zero attached hydrogens (tertiary/aromatic N) is 1. The molecule has 0 aliphatic rings. The third-order valence-corrected chi connectivity index (χ3v) is 6.31. The summed E-state index contributed by atoms with van der Waals surface area (Å²) in [4.78, 5) is 40.0. The average molecular weight is 427 g/mol. The highest BCUT2D eigenvalue weighted by Crippen LogP contribution is 2.35. The summed E-state index contributed by atoms with van der Waals surface area (Å²) in [6.45, 7) is 0. The average Bonchev–Trinajstić information content (AvgIpc) is 2.94. The number of fused-ring (bicyclic) bond motifs is 1. The van der Waals surface area contributed by atoms with E-state index in [1.807, 2.05) is 6.07 Å². The molecule has 0 aliphatic carbocycles. The lowest BCUT2D eigenvalue weighted by Crippen LogP contribution is -2.20. The Balaban J connectivity index is 1.83. The fourth-order valence-electron chi connectivity index (χ4n) is 2.12. The van der Waals surface area contributed by atoms with E-state index in [1.165, 1.54) is 0 Å². The first-order valence-electron chi connectivity index (χ1n) is 6.96. The Hall–Kier alpha value is -2.25. The summed E-state index contributed by atoms with van der Waals surface area (Å²) in [6.07, 6.45) is 0. The van der Waals surface area contributed by atoms with Gasteiger partial charge in [-0.15, -0.1) is 23.1 Å². The Labute approximate surface area is 164 Å². The third-order valence-electron chi connectivity index (χ3n) is 3.22. The van der Waals surface area contributed by atoms with E-state index < -0.39 is 11.2 Å². The Bertz CT molecular complexity index is 1160. The lowest BCUT2D eigenvalue weighted by Gasteiger charge is -2.08. The first kappa shape index (κ1) is 18.5. The summed E-state index contributed by atoms with van der Waals surface area (Å²) < 4.78 is 0.675. The van der Waals surface area contributed by atoms with Crippen LogP contribution < -0.4 is 16.6 Å². The fraction of sp³-hybridized carbons (Fsp3) is 0.0667. The van der Waals surface area contributed by atoms with E-state index in [9.17, 15) is 19.6 Å². The molecule has 7 nitrogen and oxygen atoms in total. The highest BCUT2D eigenvalue weighted by molar-refractivity contribution is 8.02. The monoisotopic (exact) mass is 426 g/mol. The lowest BCUT2D eigenvalue weighted by atomic mass is 10.3. The first-order chi connectivity index (χ1) is 12.4. The molecule has 0 unspecified atom stereocenters. The van der Waals surface area contributed by atoms with Crippen molar-refractivity contribution in [2.24, 2.45) is 0 Å². The van der Waals surface area contributed by atoms with Crippen molar-refractivity contribution in [2.45, 2.75) is 4.21 Å². The van der Waals surface area contributed by atoms with E-state index in [4.69, 9.17) is 23.2 Å². The van der Waals surface area contributed by atoms with Crippen molar-refractivity contribution < 1.29 is 4.79 Å². The summed E-state index contributed by atoms with van der Waals surface area (Å²) in [5, 5.41) is 12.6. The SMILES string of the molecule is N#Cc1c(SCC(=O)Nc2c(Cl)cccc2Cl)sc2c(=O)[nH]c(=O)[nH]c12. The molecule has 0 spiro atoms. The maximum absolute atomic E-state index is 12.2. The molecular weight excluding hydrogens is 419 g/mol. The van der Waals surface area contributed by atoms with Gasteiger partial charge in [0.2, 0.25) is 5.91 Å². The molecule has 3 N–H and O–H groups in total. The number of nitrogens with one attached hydrogen (secondary N) is 3. The molecule has 0 fully saturated rings. The maximum atomic E-state index is 12.2. The highest BCUT2D eigenvalue weighted by Gasteiger charge is 2.18. The van der Waals surface area contributed by atoms with Crippen LogP contribution in [0.1, 0.15) is 5.56 Å². The van der Waals surface area contributed by atoms with E-state index >= 15 is 0 Å². The van der Waals surface area contributed by atoms with Crippen LogP contribution in [0, 0.1) is 11.3 Å². The van der Waals surface area contributed by atoms with Crippen molar-refractivity contribution in [2.75, 3.05) is 11.1 Å². The number of aromatic nitrogens is 2. The summed E-state index contributed by atoms with van der Waals surface area (Å²) in [6, 6.07) is 6.81. The summed E-state index contributed by atoms with van der Waals surface area (Å²) in [7, 11) is 0. The van der Waals surface area contributed by atoms with Gasteiger partial charge in [0, 0.05) is 0 Å². The zero-order valence-electron chi connectivity index (χ0n) is 12.7. The standard InChI is InChI=1S/C15H8Cl2N4O3S2/c16-7-2-1-3-8(17)11(7)19-9(22)5-25-14-6(4-18)10-12(26-14)13(23)21-15(24)20-10/h1-3H,5H2,(H,19,22)(H2,20,21,23,24). The van der Waals surface area contributed by atoms with Gasteiger partial charge in [-0.25, -0.2) is 4.79 Å². The van der Waals surface area contributed by atoms with Crippen LogP contribution in [0.2, 0.25) is 10.0 Å². The minimum absolute atomic E-state index is 0.0365. The number of carbonyl (C=O) groups is 1. The summed E-state index contributed by atoms with van der Waals surface area (Å²) in [5.41, 5.74) is -0.645. The molecule has 3 rings (SSSR count). The first-order valence-corrected chi connectivity index (χ1v) is 9.52. The number of para-hydroxylation sites is 1. The molecule has 1 aromatic carbocycles. The molecule has 0 bridgehead atoms. The number of nitriles is 1. The van der Waals surface area contributed by atoms with Gasteiger partial charge in [-0.3, -0.25) is 14.6 Å². The Morgan fingerprint density at radius 2 is 1.96 bits per heavy atom. The van der Waals surface area contributed by atoms with Crippen molar-refractivity contribution in [3.63, 3.8) is 0 Å². The van der Waals surface area contributed by atoms with Gasteiger partial charge in [-0.2, -0.15) is 5.26 Å². The number of benzene rings is 1. The Kier molecular flexibility index (Phi) is 5.38. The van der Waals surface area contributed by atoms with Gasteiger partial charge < -0.3 is 10.3 Å². The molecule has 26 heavy (non-hydrogen) atoms. The molecule has 0 saturated carbocycles. The van der Waals surface area contributed by atoms with Gasteiger partial charge in [-0.1, -0.05) is 29.3 Å². The van der Waals surface area contributed by atoms with Crippen LogP contribution in [0.5, 0.6) is 0 Å². The van der Waals surface area contributed by atoms with E-state index in [0.717, 1.165) is 23.1 Å². The van der Waals surface area contributed by atoms with E-state index in [1.54, 1.807) is 18.2 Å². The molecule has 0 atom stereocenters. The number of amides is 1. The lowest BCUT2D eigenvalue weighted by molar-refractivity contribution is -0.113. The molecule has 3 aromatic rings. The van der Waals surface area contributed by atoms with Crippen LogP contribution in [0.4, 0.5) is 5.69 Å². The number of hydrogen-bond acceptors (Lipinski definition) is 6.